The van der Waals surface area contributed by atoms with Gasteiger partial charge in [0.05, 0.1) is 20.0 Å². The molecule has 0 aliphatic heterocycles. The minimum atomic E-state index is -1.03. The number of methoxy groups -OCH3 is 2. The SMILES string of the molecule is C=CCn1c(SCC(=O)Nc2ccc(F)c(F)c2)nnc1-c1ccc(OC)c(OC)c1. The van der Waals surface area contributed by atoms with Gasteiger partial charge in [0.2, 0.25) is 5.91 Å². The number of rotatable bonds is 9. The summed E-state index contributed by atoms with van der Waals surface area (Å²) in [6, 6.07) is 8.54. The predicted molar refractivity (Wildman–Crippen MR) is 114 cm³/mol. The number of hydrogen-bond acceptors (Lipinski definition) is 6. The van der Waals surface area contributed by atoms with Crippen LogP contribution in [0.5, 0.6) is 11.5 Å². The molecular weight excluding hydrogens is 426 g/mol. The van der Waals surface area contributed by atoms with E-state index < -0.39 is 17.5 Å². The molecule has 0 saturated carbocycles. The smallest absolute Gasteiger partial charge is 0.234 e. The Morgan fingerprint density at radius 2 is 1.90 bits per heavy atom. The number of benzene rings is 2. The highest BCUT2D eigenvalue weighted by molar-refractivity contribution is 7.99. The van der Waals surface area contributed by atoms with Crippen LogP contribution in [0.1, 0.15) is 0 Å². The third kappa shape index (κ3) is 5.21. The van der Waals surface area contributed by atoms with E-state index in [1.165, 1.54) is 6.07 Å². The lowest BCUT2D eigenvalue weighted by atomic mass is 10.2. The first-order valence-electron chi connectivity index (χ1n) is 9.11. The van der Waals surface area contributed by atoms with Crippen LogP contribution < -0.4 is 14.8 Å². The second-order valence-corrected chi connectivity index (χ2v) is 7.18. The minimum Gasteiger partial charge on any atom is -0.493 e. The molecule has 1 N–H and O–H groups in total. The first-order valence-corrected chi connectivity index (χ1v) is 10.1. The van der Waals surface area contributed by atoms with Crippen molar-refractivity contribution in [1.29, 1.82) is 0 Å². The van der Waals surface area contributed by atoms with Crippen molar-refractivity contribution in [1.82, 2.24) is 14.8 Å². The van der Waals surface area contributed by atoms with E-state index in [1.807, 2.05) is 10.6 Å². The highest BCUT2D eigenvalue weighted by Crippen LogP contribution is 2.33. The zero-order valence-electron chi connectivity index (χ0n) is 16.9. The molecule has 0 unspecified atom stereocenters. The van der Waals surface area contributed by atoms with Crippen LogP contribution in [-0.2, 0) is 11.3 Å². The maximum absolute atomic E-state index is 13.3. The molecule has 0 aliphatic carbocycles. The van der Waals surface area contributed by atoms with E-state index >= 15 is 0 Å². The first-order chi connectivity index (χ1) is 15.0. The molecule has 10 heteroatoms. The predicted octanol–water partition coefficient (Wildman–Crippen LogP) is 4.16. The van der Waals surface area contributed by atoms with E-state index in [0.717, 1.165) is 29.5 Å². The third-order valence-electron chi connectivity index (χ3n) is 4.21. The van der Waals surface area contributed by atoms with Gasteiger partial charge in [-0.3, -0.25) is 9.36 Å². The maximum atomic E-state index is 13.3. The maximum Gasteiger partial charge on any atom is 0.234 e. The van der Waals surface area contributed by atoms with E-state index in [-0.39, 0.29) is 11.4 Å². The van der Waals surface area contributed by atoms with E-state index in [2.05, 4.69) is 22.1 Å². The van der Waals surface area contributed by atoms with Gasteiger partial charge in [-0.05, 0) is 30.3 Å². The molecule has 7 nitrogen and oxygen atoms in total. The lowest BCUT2D eigenvalue weighted by molar-refractivity contribution is -0.113. The normalized spacial score (nSPS) is 10.6. The molecule has 3 aromatic rings. The molecule has 1 heterocycles. The molecule has 0 spiro atoms. The first kappa shape index (κ1) is 22.3. The quantitative estimate of drug-likeness (QED) is 0.393. The zero-order valence-corrected chi connectivity index (χ0v) is 17.7. The average molecular weight is 446 g/mol. The number of aromatic nitrogens is 3. The number of hydrogen-bond donors (Lipinski definition) is 1. The van der Waals surface area contributed by atoms with Crippen molar-refractivity contribution in [2.75, 3.05) is 25.3 Å². The van der Waals surface area contributed by atoms with Crippen LogP contribution in [0.4, 0.5) is 14.5 Å². The Balaban J connectivity index is 1.76. The van der Waals surface area contributed by atoms with Crippen LogP contribution in [0.15, 0.2) is 54.2 Å². The second kappa shape index (κ2) is 10.1. The van der Waals surface area contributed by atoms with E-state index in [9.17, 15) is 13.6 Å². The summed E-state index contributed by atoms with van der Waals surface area (Å²) in [5, 5.41) is 11.5. The molecule has 31 heavy (non-hydrogen) atoms. The molecule has 1 aromatic heterocycles. The molecule has 0 atom stereocenters. The Morgan fingerprint density at radius 3 is 2.58 bits per heavy atom. The number of nitrogens with zero attached hydrogens (tertiary/aromatic N) is 3. The van der Waals surface area contributed by atoms with Crippen molar-refractivity contribution in [3.05, 3.63) is 60.7 Å². The molecule has 0 aliphatic rings. The molecule has 0 fully saturated rings. The number of nitrogens with one attached hydrogen (secondary N) is 1. The molecule has 3 rings (SSSR count). The molecular formula is C21H20F2N4O3S. The highest BCUT2D eigenvalue weighted by Gasteiger charge is 2.17. The topological polar surface area (TPSA) is 78.3 Å². The summed E-state index contributed by atoms with van der Waals surface area (Å²) in [5.74, 6) is -0.692. The van der Waals surface area contributed by atoms with Gasteiger partial charge in [0.25, 0.3) is 0 Å². The summed E-state index contributed by atoms with van der Waals surface area (Å²) >= 11 is 1.16. The van der Waals surface area contributed by atoms with Gasteiger partial charge in [0.1, 0.15) is 0 Å². The van der Waals surface area contributed by atoms with Crippen LogP contribution in [0.25, 0.3) is 11.4 Å². The number of anilines is 1. The van der Waals surface area contributed by atoms with Crippen molar-refractivity contribution in [3.8, 4) is 22.9 Å². The van der Waals surface area contributed by atoms with Gasteiger partial charge in [0, 0.05) is 23.9 Å². The standard InChI is InChI=1S/C21H20F2N4O3S/c1-4-9-27-20(13-5-8-17(29-2)18(10-13)30-3)25-26-21(27)31-12-19(28)24-14-6-7-15(22)16(23)11-14/h4-8,10-11H,1,9,12H2,2-3H3,(H,24,28). The second-order valence-electron chi connectivity index (χ2n) is 6.24. The van der Waals surface area contributed by atoms with Crippen LogP contribution in [0.3, 0.4) is 0 Å². The van der Waals surface area contributed by atoms with Gasteiger partial charge < -0.3 is 14.8 Å². The Labute approximate surface area is 182 Å². The van der Waals surface area contributed by atoms with Crippen molar-refractivity contribution >= 4 is 23.4 Å². The number of amides is 1. The molecule has 2 aromatic carbocycles. The fourth-order valence-corrected chi connectivity index (χ4v) is 3.53. The summed E-state index contributed by atoms with van der Waals surface area (Å²) in [6.45, 7) is 4.18. The van der Waals surface area contributed by atoms with Gasteiger partial charge in [0.15, 0.2) is 34.1 Å². The van der Waals surface area contributed by atoms with E-state index in [1.54, 1.807) is 32.4 Å². The Morgan fingerprint density at radius 1 is 1.13 bits per heavy atom. The summed E-state index contributed by atoms with van der Waals surface area (Å²) in [7, 11) is 3.10. The van der Waals surface area contributed by atoms with Crippen molar-refractivity contribution in [2.45, 2.75) is 11.7 Å². The summed E-state index contributed by atoms with van der Waals surface area (Å²) in [6.07, 6.45) is 1.69. The molecule has 162 valence electrons. The van der Waals surface area contributed by atoms with Crippen LogP contribution >= 0.6 is 11.8 Å². The van der Waals surface area contributed by atoms with Crippen LogP contribution in [-0.4, -0.2) is 40.6 Å². The van der Waals surface area contributed by atoms with Gasteiger partial charge in [-0.25, -0.2) is 8.78 Å². The molecule has 0 radical (unpaired) electrons. The van der Waals surface area contributed by atoms with Gasteiger partial charge in [-0.15, -0.1) is 16.8 Å². The molecule has 0 saturated heterocycles. The number of carbonyl (C=O) groups is 1. The van der Waals surface area contributed by atoms with Gasteiger partial charge >= 0.3 is 0 Å². The fourth-order valence-electron chi connectivity index (χ4n) is 2.78. The van der Waals surface area contributed by atoms with E-state index in [4.69, 9.17) is 9.47 Å². The lowest BCUT2D eigenvalue weighted by Gasteiger charge is -2.11. The number of allylic oxidation sites excluding steroid dienone is 1. The number of halogens is 2. The van der Waals surface area contributed by atoms with Crippen molar-refractivity contribution in [3.63, 3.8) is 0 Å². The largest absolute Gasteiger partial charge is 0.493 e. The Bertz CT molecular complexity index is 1100. The Hall–Kier alpha value is -3.40. The zero-order chi connectivity index (χ0) is 22.4. The van der Waals surface area contributed by atoms with Crippen LogP contribution in [0, 0.1) is 11.6 Å². The minimum absolute atomic E-state index is 0.000204. The molecule has 0 bridgehead atoms. The monoisotopic (exact) mass is 446 g/mol. The number of ether oxygens (including phenoxy) is 2. The van der Waals surface area contributed by atoms with E-state index in [0.29, 0.717) is 29.0 Å². The van der Waals surface area contributed by atoms with Gasteiger partial charge in [-0.1, -0.05) is 17.8 Å². The third-order valence-corrected chi connectivity index (χ3v) is 5.17. The lowest BCUT2D eigenvalue weighted by Crippen LogP contribution is -2.15. The Kier molecular flexibility index (Phi) is 7.24. The van der Waals surface area contributed by atoms with Gasteiger partial charge in [-0.2, -0.15) is 0 Å². The highest BCUT2D eigenvalue weighted by atomic mass is 32.2. The number of carbonyl (C=O) groups excluding carboxylic acids is 1. The summed E-state index contributed by atoms with van der Waals surface area (Å²) in [5.41, 5.74) is 0.924. The number of thioether (sulfide) groups is 1. The van der Waals surface area contributed by atoms with Crippen molar-refractivity contribution in [2.24, 2.45) is 0 Å². The summed E-state index contributed by atoms with van der Waals surface area (Å²) < 4.78 is 38.7. The average Bonchev–Trinajstić information content (AvgIpc) is 3.17. The van der Waals surface area contributed by atoms with Crippen molar-refractivity contribution < 1.29 is 23.0 Å². The van der Waals surface area contributed by atoms with Crippen LogP contribution in [0.2, 0.25) is 0 Å². The fraction of sp³-hybridized carbons (Fsp3) is 0.190. The molecule has 1 amide bonds. The summed E-state index contributed by atoms with van der Waals surface area (Å²) in [4.78, 5) is 12.2.